The molecule has 17 heavy (non-hydrogen) atoms. The zero-order valence-corrected chi connectivity index (χ0v) is 11.9. The first kappa shape index (κ1) is 13.4. The van der Waals surface area contributed by atoms with Crippen LogP contribution in [0.4, 0.5) is 0 Å². The van der Waals surface area contributed by atoms with Crippen LogP contribution in [-0.4, -0.2) is 36.6 Å². The molecule has 0 bridgehead atoms. The molecule has 1 aliphatic heterocycles. The van der Waals surface area contributed by atoms with Crippen LogP contribution in [0.15, 0.2) is 0 Å². The standard InChI is InChI=1S/C15H30N2/c1-4-5-6-9-17-11-14(12(2)3)16-10-15(17)13-7-8-13/h12-16H,4-11H2,1-3H3. The summed E-state index contributed by atoms with van der Waals surface area (Å²) in [7, 11) is 0. The maximum atomic E-state index is 3.77. The Morgan fingerprint density at radius 1 is 1.24 bits per heavy atom. The fraction of sp³-hybridized carbons (Fsp3) is 1.00. The molecule has 1 aliphatic carbocycles. The molecule has 0 aromatic rings. The number of hydrogen-bond donors (Lipinski definition) is 1. The van der Waals surface area contributed by atoms with Crippen LogP contribution in [-0.2, 0) is 0 Å². The fourth-order valence-corrected chi connectivity index (χ4v) is 3.07. The molecule has 2 rings (SSSR count). The molecule has 2 unspecified atom stereocenters. The minimum Gasteiger partial charge on any atom is -0.311 e. The normalized spacial score (nSPS) is 31.1. The second-order valence-corrected chi connectivity index (χ2v) is 6.37. The Kier molecular flexibility index (Phi) is 4.87. The maximum absolute atomic E-state index is 3.77. The average molecular weight is 238 g/mol. The summed E-state index contributed by atoms with van der Waals surface area (Å²) in [5.74, 6) is 1.78. The van der Waals surface area contributed by atoms with Gasteiger partial charge in [-0.1, -0.05) is 33.6 Å². The van der Waals surface area contributed by atoms with Crippen LogP contribution < -0.4 is 5.32 Å². The van der Waals surface area contributed by atoms with Gasteiger partial charge in [-0.2, -0.15) is 0 Å². The molecule has 0 amide bonds. The molecule has 1 saturated heterocycles. The second kappa shape index (κ2) is 6.19. The van der Waals surface area contributed by atoms with Crippen molar-refractivity contribution >= 4 is 0 Å². The van der Waals surface area contributed by atoms with Crippen molar-refractivity contribution in [2.45, 2.75) is 65.0 Å². The molecule has 0 aromatic carbocycles. The highest BCUT2D eigenvalue weighted by Crippen LogP contribution is 2.36. The van der Waals surface area contributed by atoms with Gasteiger partial charge in [0.15, 0.2) is 0 Å². The number of rotatable bonds is 6. The first-order valence-electron chi connectivity index (χ1n) is 7.69. The van der Waals surface area contributed by atoms with Crippen molar-refractivity contribution in [2.24, 2.45) is 11.8 Å². The quantitative estimate of drug-likeness (QED) is 0.716. The molecule has 2 aliphatic rings. The Hall–Kier alpha value is -0.0800. The van der Waals surface area contributed by atoms with E-state index in [0.717, 1.165) is 17.9 Å². The molecule has 0 spiro atoms. The van der Waals surface area contributed by atoms with Crippen molar-refractivity contribution in [3.05, 3.63) is 0 Å². The van der Waals surface area contributed by atoms with E-state index in [1.54, 1.807) is 0 Å². The van der Waals surface area contributed by atoms with E-state index in [4.69, 9.17) is 0 Å². The minimum atomic E-state index is 0.714. The smallest absolute Gasteiger partial charge is 0.0249 e. The zero-order valence-electron chi connectivity index (χ0n) is 11.9. The molecule has 1 saturated carbocycles. The fourth-order valence-electron chi connectivity index (χ4n) is 3.07. The van der Waals surface area contributed by atoms with Crippen molar-refractivity contribution in [3.8, 4) is 0 Å². The number of piperazine rings is 1. The van der Waals surface area contributed by atoms with E-state index >= 15 is 0 Å². The van der Waals surface area contributed by atoms with Gasteiger partial charge in [-0.15, -0.1) is 0 Å². The zero-order chi connectivity index (χ0) is 12.3. The van der Waals surface area contributed by atoms with Gasteiger partial charge in [0.1, 0.15) is 0 Å². The van der Waals surface area contributed by atoms with Crippen LogP contribution in [0.5, 0.6) is 0 Å². The molecule has 1 heterocycles. The molecule has 2 fully saturated rings. The van der Waals surface area contributed by atoms with E-state index in [2.05, 4.69) is 31.0 Å². The van der Waals surface area contributed by atoms with Crippen LogP contribution in [0, 0.1) is 11.8 Å². The summed E-state index contributed by atoms with van der Waals surface area (Å²) in [6, 6.07) is 1.56. The lowest BCUT2D eigenvalue weighted by Crippen LogP contribution is -2.58. The molecule has 0 radical (unpaired) electrons. The first-order chi connectivity index (χ1) is 8.22. The topological polar surface area (TPSA) is 15.3 Å². The van der Waals surface area contributed by atoms with Crippen LogP contribution in [0.3, 0.4) is 0 Å². The third-order valence-corrected chi connectivity index (χ3v) is 4.51. The lowest BCUT2D eigenvalue weighted by molar-refractivity contribution is 0.0978. The Morgan fingerprint density at radius 2 is 2.00 bits per heavy atom. The largest absolute Gasteiger partial charge is 0.311 e. The highest BCUT2D eigenvalue weighted by Gasteiger charge is 2.38. The molecule has 2 heteroatoms. The van der Waals surface area contributed by atoms with Crippen molar-refractivity contribution in [1.29, 1.82) is 0 Å². The molecule has 0 aromatic heterocycles. The van der Waals surface area contributed by atoms with Gasteiger partial charge in [-0.05, 0) is 37.6 Å². The molecule has 100 valence electrons. The van der Waals surface area contributed by atoms with Gasteiger partial charge in [0.2, 0.25) is 0 Å². The summed E-state index contributed by atoms with van der Waals surface area (Å²) < 4.78 is 0. The summed E-state index contributed by atoms with van der Waals surface area (Å²) in [4.78, 5) is 2.80. The van der Waals surface area contributed by atoms with Gasteiger partial charge in [0.05, 0.1) is 0 Å². The van der Waals surface area contributed by atoms with Crippen LogP contribution in [0.2, 0.25) is 0 Å². The lowest BCUT2D eigenvalue weighted by atomic mass is 9.97. The van der Waals surface area contributed by atoms with Crippen LogP contribution in [0.1, 0.15) is 52.9 Å². The maximum Gasteiger partial charge on any atom is 0.0249 e. The summed E-state index contributed by atoms with van der Waals surface area (Å²) in [6.07, 6.45) is 7.08. The van der Waals surface area contributed by atoms with Gasteiger partial charge in [-0.3, -0.25) is 4.90 Å². The summed E-state index contributed by atoms with van der Waals surface area (Å²) in [6.45, 7) is 10.8. The summed E-state index contributed by atoms with van der Waals surface area (Å²) in [5.41, 5.74) is 0. The summed E-state index contributed by atoms with van der Waals surface area (Å²) >= 11 is 0. The molecule has 2 atom stereocenters. The van der Waals surface area contributed by atoms with E-state index in [-0.39, 0.29) is 0 Å². The van der Waals surface area contributed by atoms with Crippen LogP contribution >= 0.6 is 0 Å². The van der Waals surface area contributed by atoms with Crippen molar-refractivity contribution < 1.29 is 0 Å². The Bertz CT molecular complexity index is 223. The Labute approximate surface area is 107 Å². The lowest BCUT2D eigenvalue weighted by Gasteiger charge is -2.42. The van der Waals surface area contributed by atoms with Crippen LogP contribution in [0.25, 0.3) is 0 Å². The van der Waals surface area contributed by atoms with Gasteiger partial charge in [0.25, 0.3) is 0 Å². The third-order valence-electron chi connectivity index (χ3n) is 4.51. The molecular formula is C15H30N2. The highest BCUT2D eigenvalue weighted by molar-refractivity contribution is 4.95. The number of unbranched alkanes of at least 4 members (excludes halogenated alkanes) is 2. The monoisotopic (exact) mass is 238 g/mol. The van der Waals surface area contributed by atoms with Crippen molar-refractivity contribution in [2.75, 3.05) is 19.6 Å². The van der Waals surface area contributed by atoms with Gasteiger partial charge >= 0.3 is 0 Å². The predicted molar refractivity (Wildman–Crippen MR) is 74.2 cm³/mol. The molecular weight excluding hydrogens is 208 g/mol. The van der Waals surface area contributed by atoms with Gasteiger partial charge in [0, 0.05) is 25.2 Å². The third kappa shape index (κ3) is 3.69. The first-order valence-corrected chi connectivity index (χ1v) is 7.69. The average Bonchev–Trinajstić information content (AvgIpc) is 3.13. The SMILES string of the molecule is CCCCCN1CC(C(C)C)NCC1C1CC1. The molecule has 1 N–H and O–H groups in total. The Balaban J connectivity index is 1.85. The van der Waals surface area contributed by atoms with E-state index in [1.165, 1.54) is 51.7 Å². The molecule has 2 nitrogen and oxygen atoms in total. The van der Waals surface area contributed by atoms with E-state index in [9.17, 15) is 0 Å². The predicted octanol–water partition coefficient (Wildman–Crippen LogP) is 2.89. The van der Waals surface area contributed by atoms with E-state index in [0.29, 0.717) is 6.04 Å². The van der Waals surface area contributed by atoms with Gasteiger partial charge < -0.3 is 5.32 Å². The van der Waals surface area contributed by atoms with E-state index in [1.807, 2.05) is 0 Å². The van der Waals surface area contributed by atoms with Crippen molar-refractivity contribution in [1.82, 2.24) is 10.2 Å². The Morgan fingerprint density at radius 3 is 2.59 bits per heavy atom. The summed E-state index contributed by atoms with van der Waals surface area (Å²) in [5, 5.41) is 3.77. The second-order valence-electron chi connectivity index (χ2n) is 6.37. The number of hydrogen-bond acceptors (Lipinski definition) is 2. The van der Waals surface area contributed by atoms with Crippen molar-refractivity contribution in [3.63, 3.8) is 0 Å². The van der Waals surface area contributed by atoms with E-state index < -0.39 is 0 Å². The highest BCUT2D eigenvalue weighted by atomic mass is 15.2. The number of nitrogens with zero attached hydrogens (tertiary/aromatic N) is 1. The van der Waals surface area contributed by atoms with Gasteiger partial charge in [-0.25, -0.2) is 0 Å². The minimum absolute atomic E-state index is 0.714. The number of nitrogens with one attached hydrogen (secondary N) is 1.